The lowest BCUT2D eigenvalue weighted by Crippen LogP contribution is -2.35. The molecule has 0 saturated carbocycles. The minimum atomic E-state index is -0.200. The number of carbonyl (C=O) groups is 1. The van der Waals surface area contributed by atoms with E-state index in [1.54, 1.807) is 12.3 Å². The monoisotopic (exact) mass is 325 g/mol. The van der Waals surface area contributed by atoms with Crippen molar-refractivity contribution in [1.29, 1.82) is 0 Å². The zero-order chi connectivity index (χ0) is 13.4. The van der Waals surface area contributed by atoms with Gasteiger partial charge in [0.15, 0.2) is 5.65 Å². The molecular weight excluding hydrogens is 314 g/mol. The number of nitrogens with one attached hydrogen (secondary N) is 1. The third-order valence-corrected chi connectivity index (χ3v) is 3.36. The second-order valence-corrected chi connectivity index (χ2v) is 5.26. The molecule has 3 heterocycles. The Balaban J connectivity index is 1.96. The Hall–Kier alpha value is -1.67. The van der Waals surface area contributed by atoms with Crippen LogP contribution in [0.5, 0.6) is 0 Å². The first-order valence-electron chi connectivity index (χ1n) is 5.83. The van der Waals surface area contributed by atoms with Gasteiger partial charge in [-0.25, -0.2) is 4.52 Å². The molecule has 1 aliphatic heterocycles. The summed E-state index contributed by atoms with van der Waals surface area (Å²) in [4.78, 5) is 16.3. The Morgan fingerprint density at radius 2 is 2.47 bits per heavy atom. The van der Waals surface area contributed by atoms with Gasteiger partial charge < -0.3 is 15.8 Å². The summed E-state index contributed by atoms with van der Waals surface area (Å²) in [5.41, 5.74) is 6.44. The zero-order valence-electron chi connectivity index (χ0n) is 9.97. The molecule has 8 heteroatoms. The number of amides is 1. The molecular formula is C11H12BrN5O2. The first-order valence-corrected chi connectivity index (χ1v) is 6.63. The van der Waals surface area contributed by atoms with Crippen LogP contribution in [0.2, 0.25) is 0 Å². The van der Waals surface area contributed by atoms with Crippen molar-refractivity contribution < 1.29 is 9.53 Å². The van der Waals surface area contributed by atoms with Crippen molar-refractivity contribution >= 4 is 33.4 Å². The molecule has 0 aromatic carbocycles. The van der Waals surface area contributed by atoms with Crippen molar-refractivity contribution in [2.75, 3.05) is 18.9 Å². The number of nitrogens with zero attached hydrogens (tertiary/aromatic N) is 3. The number of ether oxygens (including phenoxy) is 1. The third kappa shape index (κ3) is 2.41. The smallest absolute Gasteiger partial charge is 0.255 e. The molecule has 1 amide bonds. The predicted molar refractivity (Wildman–Crippen MR) is 71.8 cm³/mol. The number of rotatable bonds is 2. The maximum absolute atomic E-state index is 12.3. The summed E-state index contributed by atoms with van der Waals surface area (Å²) in [6, 6.07) is 1.75. The topological polar surface area (TPSA) is 94.5 Å². The summed E-state index contributed by atoms with van der Waals surface area (Å²) >= 11 is 3.34. The average molecular weight is 326 g/mol. The normalized spacial score (nSPS) is 18.9. The molecule has 3 N–H and O–H groups in total. The molecule has 1 saturated heterocycles. The number of hydrogen-bond donors (Lipinski definition) is 2. The van der Waals surface area contributed by atoms with E-state index in [4.69, 9.17) is 10.5 Å². The quantitative estimate of drug-likeness (QED) is 0.842. The van der Waals surface area contributed by atoms with Gasteiger partial charge in [0.2, 0.25) is 5.95 Å². The van der Waals surface area contributed by atoms with Crippen LogP contribution < -0.4 is 11.1 Å². The van der Waals surface area contributed by atoms with Crippen LogP contribution in [0.15, 0.2) is 16.7 Å². The first kappa shape index (κ1) is 12.4. The van der Waals surface area contributed by atoms with Crippen LogP contribution in [0.25, 0.3) is 5.65 Å². The summed E-state index contributed by atoms with van der Waals surface area (Å²) in [5.74, 6) is -0.0643. The van der Waals surface area contributed by atoms with Crippen LogP contribution in [0.1, 0.15) is 16.8 Å². The molecule has 0 aliphatic carbocycles. The fraction of sp³-hybridized carbons (Fsp3) is 0.364. The Morgan fingerprint density at radius 3 is 3.21 bits per heavy atom. The molecule has 0 spiro atoms. The van der Waals surface area contributed by atoms with E-state index in [1.807, 2.05) is 0 Å². The van der Waals surface area contributed by atoms with E-state index in [9.17, 15) is 4.79 Å². The lowest BCUT2D eigenvalue weighted by molar-refractivity contribution is 0.0931. The molecule has 0 radical (unpaired) electrons. The highest BCUT2D eigenvalue weighted by Crippen LogP contribution is 2.18. The molecule has 100 valence electrons. The molecule has 19 heavy (non-hydrogen) atoms. The van der Waals surface area contributed by atoms with Gasteiger partial charge in [-0.2, -0.15) is 4.98 Å². The Labute approximate surface area is 117 Å². The van der Waals surface area contributed by atoms with Gasteiger partial charge in [0.1, 0.15) is 0 Å². The van der Waals surface area contributed by atoms with Gasteiger partial charge in [-0.1, -0.05) is 0 Å². The van der Waals surface area contributed by atoms with E-state index in [-0.39, 0.29) is 17.9 Å². The molecule has 3 rings (SSSR count). The van der Waals surface area contributed by atoms with Crippen LogP contribution in [-0.2, 0) is 4.74 Å². The van der Waals surface area contributed by atoms with Crippen molar-refractivity contribution in [2.24, 2.45) is 0 Å². The molecule has 1 aliphatic rings. The Bertz CT molecular complexity index is 635. The van der Waals surface area contributed by atoms with E-state index < -0.39 is 0 Å². The molecule has 1 atom stereocenters. The van der Waals surface area contributed by atoms with Gasteiger partial charge in [-0.15, -0.1) is 5.10 Å². The number of pyridine rings is 1. The predicted octanol–water partition coefficient (Wildman–Crippen LogP) is 0.593. The van der Waals surface area contributed by atoms with E-state index in [0.717, 1.165) is 10.9 Å². The van der Waals surface area contributed by atoms with Crippen LogP contribution in [0, 0.1) is 0 Å². The molecule has 1 unspecified atom stereocenters. The summed E-state index contributed by atoms with van der Waals surface area (Å²) in [6.07, 6.45) is 2.53. The SMILES string of the molecule is Nc1nc2c(C(=O)NC3CCOC3)cc(Br)cn2n1. The molecule has 2 aromatic rings. The molecule has 1 fully saturated rings. The van der Waals surface area contributed by atoms with Crippen molar-refractivity contribution in [3.8, 4) is 0 Å². The van der Waals surface area contributed by atoms with Crippen molar-refractivity contribution in [3.05, 3.63) is 22.3 Å². The van der Waals surface area contributed by atoms with Crippen molar-refractivity contribution in [1.82, 2.24) is 19.9 Å². The Kier molecular flexibility index (Phi) is 3.11. The van der Waals surface area contributed by atoms with E-state index in [2.05, 4.69) is 31.3 Å². The summed E-state index contributed by atoms with van der Waals surface area (Å²) in [7, 11) is 0. The maximum atomic E-state index is 12.3. The number of aromatic nitrogens is 3. The van der Waals surface area contributed by atoms with Crippen molar-refractivity contribution in [2.45, 2.75) is 12.5 Å². The zero-order valence-corrected chi connectivity index (χ0v) is 11.6. The highest BCUT2D eigenvalue weighted by atomic mass is 79.9. The second kappa shape index (κ2) is 4.78. The third-order valence-electron chi connectivity index (χ3n) is 2.93. The van der Waals surface area contributed by atoms with Gasteiger partial charge >= 0.3 is 0 Å². The van der Waals surface area contributed by atoms with Crippen LogP contribution in [0.3, 0.4) is 0 Å². The van der Waals surface area contributed by atoms with Gasteiger partial charge in [0.05, 0.1) is 18.2 Å². The maximum Gasteiger partial charge on any atom is 0.255 e. The minimum Gasteiger partial charge on any atom is -0.379 e. The minimum absolute atomic E-state index is 0.0480. The standard InChI is InChI=1S/C11H12BrN5O2/c12-6-3-8(9-15-11(13)16-17(9)4-6)10(18)14-7-1-2-19-5-7/h3-4,7H,1-2,5H2,(H2,13,16)(H,14,18). The molecule has 0 bridgehead atoms. The summed E-state index contributed by atoms with van der Waals surface area (Å²) in [6.45, 7) is 1.22. The lowest BCUT2D eigenvalue weighted by atomic mass is 10.2. The fourth-order valence-electron chi connectivity index (χ4n) is 2.05. The molecule has 2 aromatic heterocycles. The van der Waals surface area contributed by atoms with Gasteiger partial charge in [0, 0.05) is 17.3 Å². The van der Waals surface area contributed by atoms with E-state index in [0.29, 0.717) is 24.4 Å². The van der Waals surface area contributed by atoms with Crippen LogP contribution >= 0.6 is 15.9 Å². The lowest BCUT2D eigenvalue weighted by Gasteiger charge is -2.11. The second-order valence-electron chi connectivity index (χ2n) is 4.34. The highest BCUT2D eigenvalue weighted by molar-refractivity contribution is 9.10. The highest BCUT2D eigenvalue weighted by Gasteiger charge is 2.21. The van der Waals surface area contributed by atoms with Crippen LogP contribution in [-0.4, -0.2) is 39.8 Å². The summed E-state index contributed by atoms with van der Waals surface area (Å²) in [5, 5.41) is 6.91. The fourth-order valence-corrected chi connectivity index (χ4v) is 2.47. The Morgan fingerprint density at radius 1 is 1.63 bits per heavy atom. The number of anilines is 1. The van der Waals surface area contributed by atoms with Crippen molar-refractivity contribution in [3.63, 3.8) is 0 Å². The first-order chi connectivity index (χ1) is 9.13. The van der Waals surface area contributed by atoms with Crippen LogP contribution in [0.4, 0.5) is 5.95 Å². The van der Waals surface area contributed by atoms with E-state index >= 15 is 0 Å². The number of nitrogen functional groups attached to an aromatic ring is 1. The largest absolute Gasteiger partial charge is 0.379 e. The summed E-state index contributed by atoms with van der Waals surface area (Å²) < 4.78 is 7.45. The number of nitrogens with two attached hydrogens (primary N) is 1. The number of fused-ring (bicyclic) bond motifs is 1. The molecule has 7 nitrogen and oxygen atoms in total. The van der Waals surface area contributed by atoms with E-state index in [1.165, 1.54) is 4.52 Å². The number of hydrogen-bond acceptors (Lipinski definition) is 5. The number of carbonyl (C=O) groups excluding carboxylic acids is 1. The van der Waals surface area contributed by atoms with Gasteiger partial charge in [-0.3, -0.25) is 4.79 Å². The van der Waals surface area contributed by atoms with Gasteiger partial charge in [-0.05, 0) is 28.4 Å². The number of halogens is 1. The van der Waals surface area contributed by atoms with Gasteiger partial charge in [0.25, 0.3) is 5.91 Å². The average Bonchev–Trinajstić information content (AvgIpc) is 2.96.